The van der Waals surface area contributed by atoms with E-state index in [-0.39, 0.29) is 17.0 Å². The molecule has 23 heavy (non-hydrogen) atoms. The fraction of sp³-hybridized carbons (Fsp3) is 0.176. The minimum absolute atomic E-state index is 0.176. The zero-order chi connectivity index (χ0) is 16.7. The Kier molecular flexibility index (Phi) is 3.44. The molecule has 0 fully saturated rings. The molecular formula is C17H17N3O3. The molecule has 0 aliphatic carbocycles. The molecule has 6 heteroatoms. The van der Waals surface area contributed by atoms with Gasteiger partial charge in [-0.25, -0.2) is 9.78 Å². The molecule has 0 amide bonds. The molecule has 6 nitrogen and oxygen atoms in total. The van der Waals surface area contributed by atoms with Gasteiger partial charge in [0.05, 0.1) is 12.8 Å². The van der Waals surface area contributed by atoms with Crippen LogP contribution in [0.1, 0.15) is 21.5 Å². The van der Waals surface area contributed by atoms with E-state index in [0.717, 1.165) is 11.1 Å². The average molecular weight is 311 g/mol. The first-order valence-corrected chi connectivity index (χ1v) is 7.08. The number of imidazole rings is 1. The summed E-state index contributed by atoms with van der Waals surface area (Å²) in [6, 6.07) is 3.45. The summed E-state index contributed by atoms with van der Waals surface area (Å²) in [6.45, 7) is 3.74. The van der Waals surface area contributed by atoms with Crippen molar-refractivity contribution < 1.29 is 14.6 Å². The smallest absolute Gasteiger partial charge is 0.343 e. The maximum atomic E-state index is 12.2. The summed E-state index contributed by atoms with van der Waals surface area (Å²) >= 11 is 0. The number of nitrogens with two attached hydrogens (primary N) is 1. The number of hydrogen-bond donors (Lipinski definition) is 2. The van der Waals surface area contributed by atoms with Gasteiger partial charge >= 0.3 is 5.97 Å². The molecule has 0 saturated carbocycles. The van der Waals surface area contributed by atoms with Gasteiger partial charge in [0, 0.05) is 24.2 Å². The molecule has 0 unspecified atom stereocenters. The summed E-state index contributed by atoms with van der Waals surface area (Å²) < 4.78 is 6.57. The number of nitrogen functional groups attached to an aromatic ring is 1. The van der Waals surface area contributed by atoms with E-state index in [2.05, 4.69) is 4.98 Å². The lowest BCUT2D eigenvalue weighted by molar-refractivity contribution is 0.0603. The number of ether oxygens (including phenoxy) is 1. The van der Waals surface area contributed by atoms with Gasteiger partial charge < -0.3 is 20.0 Å². The van der Waals surface area contributed by atoms with E-state index in [0.29, 0.717) is 16.8 Å². The van der Waals surface area contributed by atoms with Crippen LogP contribution in [0, 0.1) is 13.8 Å². The number of aromatic nitrogens is 2. The molecule has 1 aromatic carbocycles. The monoisotopic (exact) mass is 311 g/mol. The number of aryl methyl sites for hydroxylation is 1. The second kappa shape index (κ2) is 5.31. The van der Waals surface area contributed by atoms with Gasteiger partial charge in [-0.1, -0.05) is 6.07 Å². The molecule has 2 heterocycles. The van der Waals surface area contributed by atoms with Crippen LogP contribution in [0.5, 0.6) is 5.75 Å². The van der Waals surface area contributed by atoms with Crippen molar-refractivity contribution in [1.82, 2.24) is 9.38 Å². The Morgan fingerprint density at radius 2 is 2.09 bits per heavy atom. The van der Waals surface area contributed by atoms with Crippen molar-refractivity contribution in [3.63, 3.8) is 0 Å². The Morgan fingerprint density at radius 3 is 2.78 bits per heavy atom. The van der Waals surface area contributed by atoms with Gasteiger partial charge in [-0.15, -0.1) is 0 Å². The highest BCUT2D eigenvalue weighted by atomic mass is 16.5. The predicted octanol–water partition coefficient (Wildman–Crippen LogP) is 2.69. The normalized spacial score (nSPS) is 10.9. The van der Waals surface area contributed by atoms with Gasteiger partial charge in [-0.05, 0) is 36.6 Å². The van der Waals surface area contributed by atoms with Crippen LogP contribution >= 0.6 is 0 Å². The first-order chi connectivity index (χ1) is 11.0. The number of hydrogen-bond acceptors (Lipinski definition) is 5. The lowest BCUT2D eigenvalue weighted by Gasteiger charge is -2.16. The highest BCUT2D eigenvalue weighted by Gasteiger charge is 2.22. The number of esters is 1. The third-order valence-corrected chi connectivity index (χ3v) is 4.02. The fourth-order valence-corrected chi connectivity index (χ4v) is 2.83. The minimum Gasteiger partial charge on any atom is -0.508 e. The first kappa shape index (κ1) is 14.9. The summed E-state index contributed by atoms with van der Waals surface area (Å²) in [5.74, 6) is -0.369. The molecule has 3 aromatic rings. The van der Waals surface area contributed by atoms with Crippen LogP contribution in [0.3, 0.4) is 0 Å². The number of aromatic hydroxyl groups is 1. The van der Waals surface area contributed by atoms with Crippen molar-refractivity contribution in [2.75, 3.05) is 12.8 Å². The Morgan fingerprint density at radius 1 is 1.35 bits per heavy atom. The highest BCUT2D eigenvalue weighted by Crippen LogP contribution is 2.38. The van der Waals surface area contributed by atoms with Crippen molar-refractivity contribution >= 4 is 17.3 Å². The van der Waals surface area contributed by atoms with Crippen LogP contribution in [0.4, 0.5) is 5.69 Å². The van der Waals surface area contributed by atoms with Gasteiger partial charge in [0.2, 0.25) is 0 Å². The highest BCUT2D eigenvalue weighted by molar-refractivity contribution is 6.05. The summed E-state index contributed by atoms with van der Waals surface area (Å²) in [5.41, 5.74) is 10.3. The topological polar surface area (TPSA) is 89.8 Å². The van der Waals surface area contributed by atoms with E-state index in [1.165, 1.54) is 7.11 Å². The number of carbonyl (C=O) groups excluding carboxylic acids is 1. The maximum Gasteiger partial charge on any atom is 0.343 e. The van der Waals surface area contributed by atoms with E-state index >= 15 is 0 Å². The fourth-order valence-electron chi connectivity index (χ4n) is 2.83. The number of methoxy groups -OCH3 is 1. The van der Waals surface area contributed by atoms with Gasteiger partial charge in [-0.3, -0.25) is 0 Å². The van der Waals surface area contributed by atoms with E-state index in [1.54, 1.807) is 29.1 Å². The third kappa shape index (κ3) is 2.19. The molecule has 3 N–H and O–H groups in total. The van der Waals surface area contributed by atoms with E-state index < -0.39 is 5.97 Å². The standard InChI is InChI=1S/C17H17N3O3/c1-9-4-5-12(21)10(2)13(9)11-8-20-7-6-19-16(20)14(15(11)18)17(22)23-3/h4-8,21H,18H2,1-3H3. The number of carbonyl (C=O) groups is 1. The van der Waals surface area contributed by atoms with E-state index in [4.69, 9.17) is 10.5 Å². The van der Waals surface area contributed by atoms with Crippen molar-refractivity contribution in [3.05, 3.63) is 47.4 Å². The molecular weight excluding hydrogens is 294 g/mol. The molecule has 0 aliphatic rings. The van der Waals surface area contributed by atoms with E-state index in [1.807, 2.05) is 19.9 Å². The number of benzene rings is 1. The lowest BCUT2D eigenvalue weighted by Crippen LogP contribution is -2.10. The van der Waals surface area contributed by atoms with Crippen molar-refractivity contribution in [3.8, 4) is 16.9 Å². The molecule has 0 aliphatic heterocycles. The predicted molar refractivity (Wildman–Crippen MR) is 87.5 cm³/mol. The third-order valence-electron chi connectivity index (χ3n) is 4.02. The largest absolute Gasteiger partial charge is 0.508 e. The number of pyridine rings is 1. The zero-order valence-corrected chi connectivity index (χ0v) is 13.1. The summed E-state index contributed by atoms with van der Waals surface area (Å²) in [4.78, 5) is 16.3. The molecule has 2 aromatic heterocycles. The van der Waals surface area contributed by atoms with Crippen LogP contribution in [0.2, 0.25) is 0 Å². The van der Waals surface area contributed by atoms with Crippen molar-refractivity contribution in [2.24, 2.45) is 0 Å². The maximum absolute atomic E-state index is 12.2. The molecule has 118 valence electrons. The van der Waals surface area contributed by atoms with Gasteiger partial charge in [0.15, 0.2) is 5.65 Å². The quantitative estimate of drug-likeness (QED) is 0.710. The van der Waals surface area contributed by atoms with E-state index in [9.17, 15) is 9.90 Å². The molecule has 0 radical (unpaired) electrons. The van der Waals surface area contributed by atoms with Crippen LogP contribution in [-0.4, -0.2) is 27.6 Å². The molecule has 0 saturated heterocycles. The molecule has 0 bridgehead atoms. The summed E-state index contributed by atoms with van der Waals surface area (Å²) in [5, 5.41) is 10.0. The van der Waals surface area contributed by atoms with Crippen LogP contribution in [0.15, 0.2) is 30.7 Å². The second-order valence-corrected chi connectivity index (χ2v) is 5.38. The van der Waals surface area contributed by atoms with Crippen molar-refractivity contribution in [1.29, 1.82) is 0 Å². The minimum atomic E-state index is -0.545. The number of phenols is 1. The van der Waals surface area contributed by atoms with Gasteiger partial charge in [-0.2, -0.15) is 0 Å². The summed E-state index contributed by atoms with van der Waals surface area (Å²) in [7, 11) is 1.30. The molecule has 3 rings (SSSR count). The SMILES string of the molecule is COC(=O)c1c(N)c(-c2c(C)ccc(O)c2C)cn2ccnc12. The number of fused-ring (bicyclic) bond motifs is 1. The van der Waals surface area contributed by atoms with Crippen molar-refractivity contribution in [2.45, 2.75) is 13.8 Å². The number of nitrogens with zero attached hydrogens (tertiary/aromatic N) is 2. The molecule has 0 spiro atoms. The Balaban J connectivity index is 2.42. The number of phenolic OH excluding ortho intramolecular Hbond substituents is 1. The van der Waals surface area contributed by atoms with Crippen LogP contribution in [0.25, 0.3) is 16.8 Å². The summed E-state index contributed by atoms with van der Waals surface area (Å²) in [6.07, 6.45) is 5.13. The first-order valence-electron chi connectivity index (χ1n) is 7.08. The lowest BCUT2D eigenvalue weighted by atomic mass is 9.93. The van der Waals surface area contributed by atoms with Crippen LogP contribution < -0.4 is 5.73 Å². The number of anilines is 1. The molecule has 0 atom stereocenters. The Labute approximate surface area is 133 Å². The average Bonchev–Trinajstić information content (AvgIpc) is 2.99. The van der Waals surface area contributed by atoms with Gasteiger partial charge in [0.1, 0.15) is 11.3 Å². The Hall–Kier alpha value is -3.02. The Bertz CT molecular complexity index is 928. The van der Waals surface area contributed by atoms with Crippen LogP contribution in [-0.2, 0) is 4.74 Å². The van der Waals surface area contributed by atoms with Gasteiger partial charge in [0.25, 0.3) is 0 Å². The zero-order valence-electron chi connectivity index (χ0n) is 13.1. The number of rotatable bonds is 2. The second-order valence-electron chi connectivity index (χ2n) is 5.38.